The SMILES string of the molecule is CC(Sc1ccccc1)C(=O)Nc1cccc(S(=O)(=O)NC2=NCCC2)c1. The second kappa shape index (κ2) is 8.58. The van der Waals surface area contributed by atoms with E-state index >= 15 is 0 Å². The number of sulfonamides is 1. The Morgan fingerprint density at radius 2 is 1.93 bits per heavy atom. The van der Waals surface area contributed by atoms with Crippen molar-refractivity contribution < 1.29 is 13.2 Å². The van der Waals surface area contributed by atoms with E-state index in [-0.39, 0.29) is 16.1 Å². The summed E-state index contributed by atoms with van der Waals surface area (Å²) < 4.78 is 27.5. The van der Waals surface area contributed by atoms with Crippen molar-refractivity contribution in [2.45, 2.75) is 34.8 Å². The average Bonchev–Trinajstić information content (AvgIpc) is 3.15. The molecule has 1 atom stereocenters. The van der Waals surface area contributed by atoms with E-state index in [4.69, 9.17) is 0 Å². The van der Waals surface area contributed by atoms with Crippen molar-refractivity contribution in [3.63, 3.8) is 0 Å². The zero-order chi connectivity index (χ0) is 19.3. The Morgan fingerprint density at radius 3 is 2.63 bits per heavy atom. The first-order valence-corrected chi connectivity index (χ1v) is 11.0. The van der Waals surface area contributed by atoms with Gasteiger partial charge in [-0.3, -0.25) is 14.5 Å². The van der Waals surface area contributed by atoms with Gasteiger partial charge in [0.2, 0.25) is 5.91 Å². The van der Waals surface area contributed by atoms with Gasteiger partial charge in [-0.15, -0.1) is 11.8 Å². The standard InChI is InChI=1S/C19H21N3O3S2/c1-14(26-16-8-3-2-4-9-16)19(23)21-15-7-5-10-17(13-15)27(24,25)22-18-11-6-12-20-18/h2-5,7-10,13-14H,6,11-12H2,1H3,(H,20,22)(H,21,23). The number of carbonyl (C=O) groups is 1. The Balaban J connectivity index is 1.67. The maximum atomic E-state index is 12.5. The van der Waals surface area contributed by atoms with Crippen molar-refractivity contribution in [1.29, 1.82) is 0 Å². The number of anilines is 1. The van der Waals surface area contributed by atoms with Crippen molar-refractivity contribution in [3.05, 3.63) is 54.6 Å². The zero-order valence-electron chi connectivity index (χ0n) is 14.9. The molecule has 142 valence electrons. The molecule has 1 heterocycles. The van der Waals surface area contributed by atoms with Crippen LogP contribution < -0.4 is 10.0 Å². The van der Waals surface area contributed by atoms with Gasteiger partial charge in [0.25, 0.3) is 10.0 Å². The Labute approximate surface area is 163 Å². The predicted octanol–water partition coefficient (Wildman–Crippen LogP) is 3.28. The number of nitrogens with one attached hydrogen (secondary N) is 2. The van der Waals surface area contributed by atoms with Crippen molar-refractivity contribution in [2.75, 3.05) is 11.9 Å². The van der Waals surface area contributed by atoms with Crippen LogP contribution in [0.1, 0.15) is 19.8 Å². The lowest BCUT2D eigenvalue weighted by molar-refractivity contribution is -0.115. The molecule has 2 aromatic carbocycles. The molecule has 1 aliphatic heterocycles. The third-order valence-corrected chi connectivity index (χ3v) is 6.45. The highest BCUT2D eigenvalue weighted by molar-refractivity contribution is 8.00. The van der Waals surface area contributed by atoms with Gasteiger partial charge in [0.1, 0.15) is 5.84 Å². The van der Waals surface area contributed by atoms with Crippen LogP contribution in [0.3, 0.4) is 0 Å². The van der Waals surface area contributed by atoms with Crippen LogP contribution in [0.4, 0.5) is 5.69 Å². The summed E-state index contributed by atoms with van der Waals surface area (Å²) in [5.41, 5.74) is 0.441. The fraction of sp³-hybridized carbons (Fsp3) is 0.263. The molecule has 2 aromatic rings. The molecule has 0 radical (unpaired) electrons. The van der Waals surface area contributed by atoms with E-state index in [1.165, 1.54) is 23.9 Å². The number of rotatable bonds is 6. The number of amides is 1. The van der Waals surface area contributed by atoms with Crippen LogP contribution in [-0.2, 0) is 14.8 Å². The number of benzene rings is 2. The lowest BCUT2D eigenvalue weighted by Gasteiger charge is -2.13. The Kier molecular flexibility index (Phi) is 6.18. The van der Waals surface area contributed by atoms with Gasteiger partial charge in [-0.05, 0) is 43.7 Å². The van der Waals surface area contributed by atoms with Crippen molar-refractivity contribution in [3.8, 4) is 0 Å². The van der Waals surface area contributed by atoms with Gasteiger partial charge in [-0.25, -0.2) is 8.42 Å². The fourth-order valence-electron chi connectivity index (χ4n) is 2.58. The van der Waals surface area contributed by atoms with E-state index < -0.39 is 10.0 Å². The molecule has 6 nitrogen and oxygen atoms in total. The summed E-state index contributed by atoms with van der Waals surface area (Å²) in [4.78, 5) is 17.7. The van der Waals surface area contributed by atoms with Gasteiger partial charge in [0.15, 0.2) is 0 Å². The third-order valence-electron chi connectivity index (χ3n) is 3.96. The first-order valence-electron chi connectivity index (χ1n) is 8.63. The summed E-state index contributed by atoms with van der Waals surface area (Å²) in [6, 6.07) is 15.9. The van der Waals surface area contributed by atoms with Crippen LogP contribution in [0.15, 0.2) is 69.4 Å². The second-order valence-electron chi connectivity index (χ2n) is 6.13. The molecule has 0 aromatic heterocycles. The molecule has 0 aliphatic carbocycles. The Hall–Kier alpha value is -2.32. The van der Waals surface area contributed by atoms with Crippen LogP contribution in [0.25, 0.3) is 0 Å². The maximum Gasteiger partial charge on any atom is 0.262 e. The van der Waals surface area contributed by atoms with Gasteiger partial charge in [-0.1, -0.05) is 24.3 Å². The molecule has 1 amide bonds. The lowest BCUT2D eigenvalue weighted by Crippen LogP contribution is -2.29. The van der Waals surface area contributed by atoms with Crippen LogP contribution in [0.5, 0.6) is 0 Å². The number of hydrogen-bond acceptors (Lipinski definition) is 5. The maximum absolute atomic E-state index is 12.5. The smallest absolute Gasteiger partial charge is 0.262 e. The number of nitrogens with zero attached hydrogens (tertiary/aromatic N) is 1. The molecule has 1 unspecified atom stereocenters. The largest absolute Gasteiger partial charge is 0.325 e. The highest BCUT2D eigenvalue weighted by atomic mass is 32.2. The minimum absolute atomic E-state index is 0.0956. The topological polar surface area (TPSA) is 87.6 Å². The van der Waals surface area contributed by atoms with Crippen molar-refractivity contribution in [1.82, 2.24) is 4.72 Å². The highest BCUT2D eigenvalue weighted by Crippen LogP contribution is 2.24. The summed E-state index contributed by atoms with van der Waals surface area (Å²) in [6.45, 7) is 2.46. The fourth-order valence-corrected chi connectivity index (χ4v) is 4.60. The normalized spacial score (nSPS) is 15.1. The van der Waals surface area contributed by atoms with Crippen LogP contribution in [0, 0.1) is 0 Å². The van der Waals surface area contributed by atoms with E-state index in [2.05, 4.69) is 15.0 Å². The molecule has 8 heteroatoms. The van der Waals surface area contributed by atoms with Crippen molar-refractivity contribution >= 4 is 39.2 Å². The van der Waals surface area contributed by atoms with E-state index in [1.807, 2.05) is 37.3 Å². The molecule has 0 fully saturated rings. The van der Waals surface area contributed by atoms with Gasteiger partial charge in [0.05, 0.1) is 10.1 Å². The van der Waals surface area contributed by atoms with E-state index in [9.17, 15) is 13.2 Å². The van der Waals surface area contributed by atoms with Gasteiger partial charge in [-0.2, -0.15) is 0 Å². The molecule has 27 heavy (non-hydrogen) atoms. The predicted molar refractivity (Wildman–Crippen MR) is 109 cm³/mol. The molecule has 1 aliphatic rings. The van der Waals surface area contributed by atoms with E-state index in [1.54, 1.807) is 12.1 Å². The van der Waals surface area contributed by atoms with Crippen LogP contribution in [-0.4, -0.2) is 32.0 Å². The highest BCUT2D eigenvalue weighted by Gasteiger charge is 2.20. The zero-order valence-corrected chi connectivity index (χ0v) is 16.5. The molecule has 0 saturated heterocycles. The van der Waals surface area contributed by atoms with E-state index in [0.29, 0.717) is 24.5 Å². The lowest BCUT2D eigenvalue weighted by atomic mass is 10.3. The molecule has 0 spiro atoms. The van der Waals surface area contributed by atoms with E-state index in [0.717, 1.165) is 11.3 Å². The minimum atomic E-state index is -3.71. The molecule has 2 N–H and O–H groups in total. The number of thioether (sulfide) groups is 1. The summed E-state index contributed by atoms with van der Waals surface area (Å²) in [6.07, 6.45) is 1.48. The molecular formula is C19H21N3O3S2. The molecular weight excluding hydrogens is 382 g/mol. The Bertz CT molecular complexity index is 944. The van der Waals surface area contributed by atoms with Gasteiger partial charge >= 0.3 is 0 Å². The summed E-state index contributed by atoms with van der Waals surface area (Å²) in [5.74, 6) is 0.295. The first-order chi connectivity index (χ1) is 12.9. The summed E-state index contributed by atoms with van der Waals surface area (Å²) in [5, 5.41) is 2.47. The third kappa shape index (κ3) is 5.33. The van der Waals surface area contributed by atoms with Gasteiger partial charge in [0, 0.05) is 23.5 Å². The summed E-state index contributed by atoms with van der Waals surface area (Å²) >= 11 is 1.44. The summed E-state index contributed by atoms with van der Waals surface area (Å²) in [7, 11) is -3.71. The second-order valence-corrected chi connectivity index (χ2v) is 9.22. The quantitative estimate of drug-likeness (QED) is 0.725. The van der Waals surface area contributed by atoms with Crippen LogP contribution in [0.2, 0.25) is 0 Å². The number of aliphatic imine (C=N–C) groups is 1. The number of hydrogen-bond donors (Lipinski definition) is 2. The average molecular weight is 404 g/mol. The van der Waals surface area contributed by atoms with Crippen molar-refractivity contribution in [2.24, 2.45) is 4.99 Å². The Morgan fingerprint density at radius 1 is 1.15 bits per heavy atom. The molecule has 0 bridgehead atoms. The molecule has 3 rings (SSSR count). The number of carbonyl (C=O) groups excluding carboxylic acids is 1. The van der Waals surface area contributed by atoms with Gasteiger partial charge < -0.3 is 5.32 Å². The minimum Gasteiger partial charge on any atom is -0.325 e. The monoisotopic (exact) mass is 403 g/mol. The molecule has 0 saturated carbocycles. The number of amidine groups is 1. The van der Waals surface area contributed by atoms with Crippen LogP contribution >= 0.6 is 11.8 Å². The first kappa shape index (κ1) is 19.4.